The second-order valence-corrected chi connectivity index (χ2v) is 7.27. The largest absolute Gasteiger partial charge is 0.352 e. The Kier molecular flexibility index (Phi) is 5.38. The summed E-state index contributed by atoms with van der Waals surface area (Å²) in [6, 6.07) is 6.05. The number of nitrogens with two attached hydrogens (primary N) is 1. The number of rotatable bonds is 4. The highest BCUT2D eigenvalue weighted by Gasteiger charge is 2.26. The number of nitrogens with zero attached hydrogens (tertiary/aromatic N) is 1. The number of piperidine rings is 1. The van der Waals surface area contributed by atoms with Crippen molar-refractivity contribution >= 4 is 21.8 Å². The van der Waals surface area contributed by atoms with Crippen molar-refractivity contribution in [2.75, 3.05) is 13.1 Å². The zero-order valence-corrected chi connectivity index (χ0v) is 13.8. The number of primary sulfonamides is 1. The lowest BCUT2D eigenvalue weighted by Gasteiger charge is -2.31. The molecule has 0 spiro atoms. The Hall–Kier alpha value is -1.93. The van der Waals surface area contributed by atoms with E-state index < -0.39 is 10.0 Å². The van der Waals surface area contributed by atoms with Crippen molar-refractivity contribution in [2.45, 2.75) is 31.2 Å². The molecule has 8 heteroatoms. The van der Waals surface area contributed by atoms with E-state index in [-0.39, 0.29) is 22.6 Å². The molecule has 1 heterocycles. The van der Waals surface area contributed by atoms with Crippen molar-refractivity contribution in [1.29, 1.82) is 0 Å². The van der Waals surface area contributed by atoms with E-state index >= 15 is 0 Å². The minimum Gasteiger partial charge on any atom is -0.352 e. The summed E-state index contributed by atoms with van der Waals surface area (Å²) >= 11 is 0. The number of sulfonamides is 1. The summed E-state index contributed by atoms with van der Waals surface area (Å²) in [4.78, 5) is 25.3. The number of hydrogen-bond donors (Lipinski definition) is 2. The lowest BCUT2D eigenvalue weighted by atomic mass is 9.97. The molecule has 1 aromatic carbocycles. The molecule has 0 saturated carbocycles. The van der Waals surface area contributed by atoms with Gasteiger partial charge >= 0.3 is 0 Å². The fourth-order valence-electron chi connectivity index (χ4n) is 2.61. The monoisotopic (exact) mass is 339 g/mol. The molecule has 0 bridgehead atoms. The van der Waals surface area contributed by atoms with Crippen LogP contribution in [0.4, 0.5) is 0 Å². The van der Waals surface area contributed by atoms with Crippen molar-refractivity contribution in [3.05, 3.63) is 29.8 Å². The van der Waals surface area contributed by atoms with Gasteiger partial charge in [0.2, 0.25) is 21.8 Å². The van der Waals surface area contributed by atoms with E-state index in [9.17, 15) is 18.0 Å². The average molecular weight is 339 g/mol. The Bertz CT molecular complexity index is 685. The third-order valence-corrected chi connectivity index (χ3v) is 4.89. The van der Waals surface area contributed by atoms with Crippen LogP contribution in [0.5, 0.6) is 0 Å². The minimum absolute atomic E-state index is 0.0129. The van der Waals surface area contributed by atoms with Crippen molar-refractivity contribution < 1.29 is 18.0 Å². The molecule has 1 aromatic rings. The molecule has 23 heavy (non-hydrogen) atoms. The smallest absolute Gasteiger partial charge is 0.238 e. The summed E-state index contributed by atoms with van der Waals surface area (Å²) < 4.78 is 22.4. The van der Waals surface area contributed by atoms with Crippen LogP contribution in [0.3, 0.4) is 0 Å². The molecule has 2 rings (SSSR count). The first-order chi connectivity index (χ1) is 10.8. The molecule has 7 nitrogen and oxygen atoms in total. The number of hydrogen-bond acceptors (Lipinski definition) is 4. The molecular formula is C15H21N3O4S. The SMILES string of the molecule is CC(=O)N1CCCC(C(=O)NCc2ccc(S(N)(=O)=O)cc2)C1. The number of amides is 2. The van der Waals surface area contributed by atoms with E-state index in [1.165, 1.54) is 19.1 Å². The summed E-state index contributed by atoms with van der Waals surface area (Å²) in [6.45, 7) is 2.97. The average Bonchev–Trinajstić information content (AvgIpc) is 2.52. The van der Waals surface area contributed by atoms with E-state index in [2.05, 4.69) is 5.32 Å². The van der Waals surface area contributed by atoms with Gasteiger partial charge in [-0.25, -0.2) is 13.6 Å². The molecule has 0 aliphatic carbocycles. The molecule has 1 fully saturated rings. The molecule has 1 atom stereocenters. The maximum absolute atomic E-state index is 12.2. The van der Waals surface area contributed by atoms with Crippen LogP contribution in [0.2, 0.25) is 0 Å². The van der Waals surface area contributed by atoms with Gasteiger partial charge < -0.3 is 10.2 Å². The Morgan fingerprint density at radius 3 is 2.52 bits per heavy atom. The highest BCUT2D eigenvalue weighted by atomic mass is 32.2. The van der Waals surface area contributed by atoms with Gasteiger partial charge in [-0.2, -0.15) is 0 Å². The van der Waals surface area contributed by atoms with Gasteiger partial charge in [-0.1, -0.05) is 12.1 Å². The third-order valence-electron chi connectivity index (χ3n) is 3.96. The van der Waals surface area contributed by atoms with Crippen molar-refractivity contribution in [1.82, 2.24) is 10.2 Å². The Balaban J connectivity index is 1.90. The highest BCUT2D eigenvalue weighted by molar-refractivity contribution is 7.89. The normalized spacial score (nSPS) is 18.5. The van der Waals surface area contributed by atoms with Gasteiger partial charge in [0.05, 0.1) is 10.8 Å². The molecule has 1 aliphatic heterocycles. The predicted octanol–water partition coefficient (Wildman–Crippen LogP) is 0.209. The quantitative estimate of drug-likeness (QED) is 0.817. The zero-order valence-electron chi connectivity index (χ0n) is 13.0. The van der Waals surface area contributed by atoms with E-state index in [0.717, 1.165) is 18.4 Å². The molecule has 126 valence electrons. The lowest BCUT2D eigenvalue weighted by Crippen LogP contribution is -2.44. The third kappa shape index (κ3) is 4.77. The van der Waals surface area contributed by atoms with Crippen LogP contribution < -0.4 is 10.5 Å². The highest BCUT2D eigenvalue weighted by Crippen LogP contribution is 2.17. The second kappa shape index (κ2) is 7.10. The number of carbonyl (C=O) groups excluding carboxylic acids is 2. The van der Waals surface area contributed by atoms with Gasteiger partial charge in [0.1, 0.15) is 0 Å². The molecule has 3 N–H and O–H groups in total. The van der Waals surface area contributed by atoms with Crippen molar-refractivity contribution in [3.63, 3.8) is 0 Å². The molecule has 2 amide bonds. The zero-order chi connectivity index (χ0) is 17.0. The molecule has 1 aliphatic rings. The first-order valence-electron chi connectivity index (χ1n) is 7.42. The standard InChI is InChI=1S/C15H21N3O4S/c1-11(19)18-8-2-3-13(10-18)15(20)17-9-12-4-6-14(7-5-12)23(16,21)22/h4-7,13H,2-3,8-10H2,1H3,(H,17,20)(H2,16,21,22). The van der Waals surface area contributed by atoms with Crippen LogP contribution in [0.1, 0.15) is 25.3 Å². The van der Waals surface area contributed by atoms with Crippen LogP contribution in [-0.4, -0.2) is 38.2 Å². The van der Waals surface area contributed by atoms with Crippen LogP contribution in [0.25, 0.3) is 0 Å². The second-order valence-electron chi connectivity index (χ2n) is 5.71. The van der Waals surface area contributed by atoms with E-state index in [0.29, 0.717) is 19.6 Å². The van der Waals surface area contributed by atoms with E-state index in [4.69, 9.17) is 5.14 Å². The van der Waals surface area contributed by atoms with Crippen LogP contribution in [0, 0.1) is 5.92 Å². The van der Waals surface area contributed by atoms with Gasteiger partial charge in [0, 0.05) is 26.6 Å². The number of carbonyl (C=O) groups is 2. The fraction of sp³-hybridized carbons (Fsp3) is 0.467. The Labute approximate surface area is 135 Å². The summed E-state index contributed by atoms with van der Waals surface area (Å²) in [5.41, 5.74) is 0.782. The van der Waals surface area contributed by atoms with Crippen molar-refractivity contribution in [3.8, 4) is 0 Å². The summed E-state index contributed by atoms with van der Waals surface area (Å²) in [6.07, 6.45) is 1.58. The molecular weight excluding hydrogens is 318 g/mol. The van der Waals surface area contributed by atoms with Gasteiger partial charge in [-0.3, -0.25) is 9.59 Å². The number of benzene rings is 1. The number of likely N-dealkylation sites (tertiary alicyclic amines) is 1. The summed E-state index contributed by atoms with van der Waals surface area (Å²) in [7, 11) is -3.71. The first kappa shape index (κ1) is 17.4. The van der Waals surface area contributed by atoms with Gasteiger partial charge in [0.15, 0.2) is 0 Å². The first-order valence-corrected chi connectivity index (χ1v) is 8.97. The molecule has 0 aromatic heterocycles. The fourth-order valence-corrected chi connectivity index (χ4v) is 3.12. The topological polar surface area (TPSA) is 110 Å². The Morgan fingerprint density at radius 2 is 1.96 bits per heavy atom. The number of nitrogens with one attached hydrogen (secondary N) is 1. The summed E-state index contributed by atoms with van der Waals surface area (Å²) in [5, 5.41) is 7.86. The summed E-state index contributed by atoms with van der Waals surface area (Å²) in [5.74, 6) is -0.302. The maximum Gasteiger partial charge on any atom is 0.238 e. The predicted molar refractivity (Wildman–Crippen MR) is 84.6 cm³/mol. The molecule has 1 unspecified atom stereocenters. The Morgan fingerprint density at radius 1 is 1.30 bits per heavy atom. The maximum atomic E-state index is 12.2. The molecule has 1 saturated heterocycles. The van der Waals surface area contributed by atoms with Crippen molar-refractivity contribution in [2.24, 2.45) is 11.1 Å². The van der Waals surface area contributed by atoms with E-state index in [1.807, 2.05) is 0 Å². The molecule has 0 radical (unpaired) electrons. The van der Waals surface area contributed by atoms with Gasteiger partial charge in [-0.15, -0.1) is 0 Å². The van der Waals surface area contributed by atoms with E-state index in [1.54, 1.807) is 17.0 Å². The van der Waals surface area contributed by atoms with Gasteiger partial charge in [-0.05, 0) is 30.5 Å². The van der Waals surface area contributed by atoms with Crippen LogP contribution >= 0.6 is 0 Å². The van der Waals surface area contributed by atoms with Crippen LogP contribution in [0.15, 0.2) is 29.2 Å². The lowest BCUT2D eigenvalue weighted by molar-refractivity contribution is -0.134. The minimum atomic E-state index is -3.71. The van der Waals surface area contributed by atoms with Crippen LogP contribution in [-0.2, 0) is 26.2 Å². The van der Waals surface area contributed by atoms with Gasteiger partial charge in [0.25, 0.3) is 0 Å².